The number of ether oxygens (including phenoxy) is 2. The Labute approximate surface area is 165 Å². The van der Waals surface area contributed by atoms with E-state index in [2.05, 4.69) is 0 Å². The van der Waals surface area contributed by atoms with Crippen molar-refractivity contribution < 1.29 is 19.1 Å². The number of likely N-dealkylation sites (tertiary alicyclic amines) is 1. The minimum atomic E-state index is -0.106. The fraction of sp³-hybridized carbons (Fsp3) is 0.304. The third-order valence-electron chi connectivity index (χ3n) is 4.59. The second-order valence-corrected chi connectivity index (χ2v) is 6.57. The van der Waals surface area contributed by atoms with Crippen LogP contribution in [0.3, 0.4) is 0 Å². The standard InChI is InChI=1S/C23H25NO4/c1-2-27-22-8-4-3-7-19(22)11-14-21(25)18-9-12-20(13-10-18)28-17-23(26)24-15-5-6-16-24/h3-4,7-14H,2,5-6,15-17H2,1H3/b14-11+. The van der Waals surface area contributed by atoms with E-state index in [9.17, 15) is 9.59 Å². The number of para-hydroxylation sites is 1. The minimum Gasteiger partial charge on any atom is -0.493 e. The first kappa shape index (κ1) is 19.7. The van der Waals surface area contributed by atoms with Gasteiger partial charge in [-0.2, -0.15) is 0 Å². The van der Waals surface area contributed by atoms with Gasteiger partial charge in [0.1, 0.15) is 11.5 Å². The maximum absolute atomic E-state index is 12.4. The van der Waals surface area contributed by atoms with Gasteiger partial charge in [-0.05, 0) is 62.2 Å². The van der Waals surface area contributed by atoms with E-state index in [-0.39, 0.29) is 18.3 Å². The molecule has 1 saturated heterocycles. The lowest BCUT2D eigenvalue weighted by Crippen LogP contribution is -2.32. The summed E-state index contributed by atoms with van der Waals surface area (Å²) in [6, 6.07) is 14.4. The number of ketones is 1. The normalized spacial score (nSPS) is 13.7. The molecule has 0 radical (unpaired) electrons. The lowest BCUT2D eigenvalue weighted by Gasteiger charge is -2.15. The van der Waals surface area contributed by atoms with E-state index in [0.29, 0.717) is 17.9 Å². The maximum Gasteiger partial charge on any atom is 0.260 e. The zero-order valence-electron chi connectivity index (χ0n) is 16.1. The van der Waals surface area contributed by atoms with Crippen molar-refractivity contribution in [3.63, 3.8) is 0 Å². The van der Waals surface area contributed by atoms with E-state index in [1.807, 2.05) is 36.1 Å². The predicted molar refractivity (Wildman–Crippen MR) is 109 cm³/mol. The summed E-state index contributed by atoms with van der Waals surface area (Å²) in [6.45, 7) is 4.15. The van der Waals surface area contributed by atoms with Gasteiger partial charge in [0, 0.05) is 24.2 Å². The highest BCUT2D eigenvalue weighted by molar-refractivity contribution is 6.07. The van der Waals surface area contributed by atoms with Crippen LogP contribution in [0.1, 0.15) is 35.7 Å². The molecule has 3 rings (SSSR count). The van der Waals surface area contributed by atoms with E-state index < -0.39 is 0 Å². The van der Waals surface area contributed by atoms with Gasteiger partial charge in [0.15, 0.2) is 12.4 Å². The van der Waals surface area contributed by atoms with Crippen molar-refractivity contribution in [2.75, 3.05) is 26.3 Å². The van der Waals surface area contributed by atoms with Crippen LogP contribution in [-0.4, -0.2) is 42.9 Å². The molecule has 5 heteroatoms. The third-order valence-corrected chi connectivity index (χ3v) is 4.59. The van der Waals surface area contributed by atoms with E-state index in [1.54, 1.807) is 30.3 Å². The van der Waals surface area contributed by atoms with E-state index >= 15 is 0 Å². The van der Waals surface area contributed by atoms with E-state index in [0.717, 1.165) is 37.2 Å². The molecular formula is C23H25NO4. The van der Waals surface area contributed by atoms with Crippen LogP contribution in [0.25, 0.3) is 6.08 Å². The first-order valence-electron chi connectivity index (χ1n) is 9.62. The molecule has 146 valence electrons. The number of carbonyl (C=O) groups is 2. The van der Waals surface area contributed by atoms with Crippen molar-refractivity contribution in [1.82, 2.24) is 4.90 Å². The van der Waals surface area contributed by atoms with Gasteiger partial charge in [0.05, 0.1) is 6.61 Å². The summed E-state index contributed by atoms with van der Waals surface area (Å²) in [4.78, 5) is 26.2. The van der Waals surface area contributed by atoms with Crippen LogP contribution in [0.15, 0.2) is 54.6 Å². The van der Waals surface area contributed by atoms with Crippen molar-refractivity contribution in [2.24, 2.45) is 0 Å². The van der Waals surface area contributed by atoms with Crippen LogP contribution in [0, 0.1) is 0 Å². The molecule has 0 aliphatic carbocycles. The Bertz CT molecular complexity index is 836. The molecule has 1 heterocycles. The molecule has 1 aliphatic heterocycles. The Balaban J connectivity index is 1.57. The zero-order valence-corrected chi connectivity index (χ0v) is 16.1. The topological polar surface area (TPSA) is 55.8 Å². The number of allylic oxidation sites excluding steroid dienone is 1. The molecule has 1 amide bonds. The van der Waals surface area contributed by atoms with Gasteiger partial charge in [0.2, 0.25) is 0 Å². The smallest absolute Gasteiger partial charge is 0.260 e. The van der Waals surface area contributed by atoms with Gasteiger partial charge in [0.25, 0.3) is 5.91 Å². The lowest BCUT2D eigenvalue weighted by atomic mass is 10.1. The van der Waals surface area contributed by atoms with Crippen LogP contribution >= 0.6 is 0 Å². The molecule has 0 bridgehead atoms. The molecular weight excluding hydrogens is 354 g/mol. The first-order chi connectivity index (χ1) is 13.7. The van der Waals surface area contributed by atoms with Crippen LogP contribution < -0.4 is 9.47 Å². The fourth-order valence-corrected chi connectivity index (χ4v) is 3.09. The number of amides is 1. The number of hydrogen-bond acceptors (Lipinski definition) is 4. The summed E-state index contributed by atoms with van der Waals surface area (Å²) >= 11 is 0. The summed E-state index contributed by atoms with van der Waals surface area (Å²) in [5, 5.41) is 0. The Morgan fingerprint density at radius 2 is 1.71 bits per heavy atom. The Kier molecular flexibility index (Phi) is 6.84. The van der Waals surface area contributed by atoms with E-state index in [1.165, 1.54) is 6.08 Å². The average molecular weight is 379 g/mol. The molecule has 0 aromatic heterocycles. The predicted octanol–water partition coefficient (Wildman–Crippen LogP) is 3.98. The lowest BCUT2D eigenvalue weighted by molar-refractivity contribution is -0.132. The molecule has 1 fully saturated rings. The Morgan fingerprint density at radius 3 is 2.43 bits per heavy atom. The van der Waals surface area contributed by atoms with Crippen LogP contribution in [0.2, 0.25) is 0 Å². The van der Waals surface area contributed by atoms with Crippen molar-refractivity contribution in [3.05, 3.63) is 65.7 Å². The Hall–Kier alpha value is -3.08. The number of benzene rings is 2. The molecule has 28 heavy (non-hydrogen) atoms. The van der Waals surface area contributed by atoms with Gasteiger partial charge in [-0.25, -0.2) is 0 Å². The van der Waals surface area contributed by atoms with Crippen LogP contribution in [0.4, 0.5) is 0 Å². The number of rotatable bonds is 8. The molecule has 0 unspecified atom stereocenters. The summed E-state index contributed by atoms with van der Waals surface area (Å²) in [7, 11) is 0. The van der Waals surface area contributed by atoms with Gasteiger partial charge < -0.3 is 14.4 Å². The number of nitrogens with zero attached hydrogens (tertiary/aromatic N) is 1. The largest absolute Gasteiger partial charge is 0.493 e. The molecule has 0 saturated carbocycles. The molecule has 0 atom stereocenters. The molecule has 2 aromatic rings. The molecule has 0 spiro atoms. The molecule has 1 aliphatic rings. The van der Waals surface area contributed by atoms with Crippen molar-refractivity contribution >= 4 is 17.8 Å². The molecule has 5 nitrogen and oxygen atoms in total. The summed E-state index contributed by atoms with van der Waals surface area (Å²) in [5.41, 5.74) is 1.42. The van der Waals surface area contributed by atoms with Crippen molar-refractivity contribution in [1.29, 1.82) is 0 Å². The highest BCUT2D eigenvalue weighted by Gasteiger charge is 2.18. The molecule has 0 N–H and O–H groups in total. The van der Waals surface area contributed by atoms with E-state index in [4.69, 9.17) is 9.47 Å². The van der Waals surface area contributed by atoms with Gasteiger partial charge in [-0.3, -0.25) is 9.59 Å². The first-order valence-corrected chi connectivity index (χ1v) is 9.62. The highest BCUT2D eigenvalue weighted by atomic mass is 16.5. The van der Waals surface area contributed by atoms with Crippen LogP contribution in [-0.2, 0) is 4.79 Å². The number of hydrogen-bond donors (Lipinski definition) is 0. The third kappa shape index (κ3) is 5.22. The number of carbonyl (C=O) groups excluding carboxylic acids is 2. The summed E-state index contributed by atoms with van der Waals surface area (Å²) in [6.07, 6.45) is 5.41. The second-order valence-electron chi connectivity index (χ2n) is 6.57. The summed E-state index contributed by atoms with van der Waals surface area (Å²) < 4.78 is 11.1. The zero-order chi connectivity index (χ0) is 19.8. The Morgan fingerprint density at radius 1 is 1.00 bits per heavy atom. The molecule has 2 aromatic carbocycles. The summed E-state index contributed by atoms with van der Waals surface area (Å²) in [5.74, 6) is 1.23. The minimum absolute atomic E-state index is 0.00792. The average Bonchev–Trinajstić information content (AvgIpc) is 3.27. The maximum atomic E-state index is 12.4. The van der Waals surface area contributed by atoms with Gasteiger partial charge in [-0.15, -0.1) is 0 Å². The SMILES string of the molecule is CCOc1ccccc1/C=C/C(=O)c1ccc(OCC(=O)N2CCCC2)cc1. The fourth-order valence-electron chi connectivity index (χ4n) is 3.09. The van der Waals surface area contributed by atoms with Crippen LogP contribution in [0.5, 0.6) is 11.5 Å². The van der Waals surface area contributed by atoms with Crippen molar-refractivity contribution in [2.45, 2.75) is 19.8 Å². The monoisotopic (exact) mass is 379 g/mol. The van der Waals surface area contributed by atoms with Gasteiger partial charge >= 0.3 is 0 Å². The van der Waals surface area contributed by atoms with Crippen molar-refractivity contribution in [3.8, 4) is 11.5 Å². The quantitative estimate of drug-likeness (QED) is 0.514. The second kappa shape index (κ2) is 9.74. The highest BCUT2D eigenvalue weighted by Crippen LogP contribution is 2.20. The van der Waals surface area contributed by atoms with Gasteiger partial charge in [-0.1, -0.05) is 18.2 Å².